The Kier molecular flexibility index (Phi) is 3.15. The first kappa shape index (κ1) is 15.7. The molecule has 0 bridgehead atoms. The van der Waals surface area contributed by atoms with Crippen molar-refractivity contribution in [2.75, 3.05) is 38.1 Å². The van der Waals surface area contributed by atoms with Gasteiger partial charge in [-0.25, -0.2) is 9.97 Å². The maximum Gasteiger partial charge on any atom is 0.254 e. The van der Waals surface area contributed by atoms with Gasteiger partial charge in [-0.3, -0.25) is 5.10 Å². The van der Waals surface area contributed by atoms with Crippen molar-refractivity contribution >= 4 is 11.6 Å². The summed E-state index contributed by atoms with van der Waals surface area (Å²) in [4.78, 5) is 18.2. The Morgan fingerprint density at radius 1 is 1.15 bits per heavy atom. The van der Waals surface area contributed by atoms with Crippen molar-refractivity contribution in [1.82, 2.24) is 39.7 Å². The summed E-state index contributed by atoms with van der Waals surface area (Å²) < 4.78 is 1.86. The van der Waals surface area contributed by atoms with E-state index < -0.39 is 0 Å². The maximum absolute atomic E-state index is 4.63. The van der Waals surface area contributed by atoms with Crippen LogP contribution in [-0.4, -0.2) is 72.9 Å². The van der Waals surface area contributed by atoms with Crippen LogP contribution in [0.5, 0.6) is 0 Å². The molecule has 1 atom stereocenters. The molecule has 5 heterocycles. The number of aromatic nitrogens is 7. The van der Waals surface area contributed by atoms with Crippen molar-refractivity contribution in [1.29, 1.82) is 0 Å². The molecule has 5 rings (SSSR count). The van der Waals surface area contributed by atoms with Crippen LogP contribution < -0.4 is 4.90 Å². The van der Waals surface area contributed by atoms with Gasteiger partial charge < -0.3 is 9.80 Å². The monoisotopic (exact) mass is 353 g/mol. The molecular formula is C17H23N9. The quantitative estimate of drug-likeness (QED) is 0.725. The average Bonchev–Trinajstić information content (AvgIpc) is 3.26. The van der Waals surface area contributed by atoms with Gasteiger partial charge >= 0.3 is 0 Å². The summed E-state index contributed by atoms with van der Waals surface area (Å²) in [6.45, 7) is 10.1. The minimum atomic E-state index is 0.180. The van der Waals surface area contributed by atoms with Gasteiger partial charge in [-0.2, -0.15) is 19.7 Å². The van der Waals surface area contributed by atoms with Gasteiger partial charge in [0.25, 0.3) is 5.78 Å². The van der Waals surface area contributed by atoms with Crippen LogP contribution in [0.1, 0.15) is 28.8 Å². The van der Waals surface area contributed by atoms with Crippen molar-refractivity contribution in [3.05, 3.63) is 29.2 Å². The van der Waals surface area contributed by atoms with Gasteiger partial charge in [-0.1, -0.05) is 0 Å². The first-order chi connectivity index (χ1) is 12.5. The number of nitrogens with one attached hydrogen (secondary N) is 1. The second-order valence-corrected chi connectivity index (χ2v) is 7.86. The van der Waals surface area contributed by atoms with Gasteiger partial charge in [0.15, 0.2) is 5.82 Å². The lowest BCUT2D eigenvalue weighted by Gasteiger charge is -2.51. The van der Waals surface area contributed by atoms with E-state index in [0.717, 1.165) is 54.9 Å². The molecule has 2 aliphatic heterocycles. The number of rotatable bonds is 2. The lowest BCUT2D eigenvalue weighted by atomic mass is 9.71. The molecule has 1 N–H and O–H groups in total. The Morgan fingerprint density at radius 3 is 2.69 bits per heavy atom. The number of aryl methyl sites for hydroxylation is 2. The van der Waals surface area contributed by atoms with E-state index in [9.17, 15) is 0 Å². The first-order valence-corrected chi connectivity index (χ1v) is 8.96. The van der Waals surface area contributed by atoms with Crippen LogP contribution in [0.15, 0.2) is 6.33 Å². The predicted octanol–water partition coefficient (Wildman–Crippen LogP) is 0.703. The molecule has 3 aromatic heterocycles. The molecule has 0 radical (unpaired) electrons. The summed E-state index contributed by atoms with van der Waals surface area (Å²) in [7, 11) is 2.18. The van der Waals surface area contributed by atoms with Crippen LogP contribution in [0, 0.1) is 26.2 Å². The normalized spacial score (nSPS) is 22.5. The number of anilines is 1. The van der Waals surface area contributed by atoms with E-state index in [2.05, 4.69) is 54.0 Å². The zero-order valence-corrected chi connectivity index (χ0v) is 15.6. The fourth-order valence-corrected chi connectivity index (χ4v) is 4.66. The van der Waals surface area contributed by atoms with Crippen LogP contribution in [0.3, 0.4) is 0 Å². The molecular weight excluding hydrogens is 330 g/mol. The minimum absolute atomic E-state index is 0.180. The van der Waals surface area contributed by atoms with Crippen LogP contribution in [0.25, 0.3) is 5.78 Å². The summed E-state index contributed by atoms with van der Waals surface area (Å²) in [6.07, 6.45) is 1.57. The number of nitrogens with zero attached hydrogens (tertiary/aromatic N) is 8. The Balaban J connectivity index is 1.50. The maximum atomic E-state index is 4.63. The van der Waals surface area contributed by atoms with Gasteiger partial charge in [-0.05, 0) is 27.8 Å². The van der Waals surface area contributed by atoms with Crippen molar-refractivity contribution in [3.63, 3.8) is 0 Å². The third-order valence-electron chi connectivity index (χ3n) is 5.93. The van der Waals surface area contributed by atoms with E-state index >= 15 is 0 Å². The van der Waals surface area contributed by atoms with E-state index in [1.54, 1.807) is 6.33 Å². The van der Waals surface area contributed by atoms with E-state index in [0.29, 0.717) is 11.7 Å². The highest BCUT2D eigenvalue weighted by atomic mass is 15.4. The highest BCUT2D eigenvalue weighted by molar-refractivity contribution is 5.56. The first-order valence-electron chi connectivity index (χ1n) is 8.96. The molecule has 3 aromatic rings. The molecule has 0 aromatic carbocycles. The van der Waals surface area contributed by atoms with Crippen molar-refractivity contribution < 1.29 is 0 Å². The van der Waals surface area contributed by atoms with Gasteiger partial charge in [0.1, 0.15) is 18.0 Å². The van der Waals surface area contributed by atoms with Gasteiger partial charge in [0, 0.05) is 48.8 Å². The van der Waals surface area contributed by atoms with Gasteiger partial charge in [0.05, 0.1) is 0 Å². The highest BCUT2D eigenvalue weighted by Crippen LogP contribution is 2.49. The molecule has 26 heavy (non-hydrogen) atoms. The Hall–Kier alpha value is -2.55. The third-order valence-corrected chi connectivity index (χ3v) is 5.93. The van der Waals surface area contributed by atoms with Crippen LogP contribution >= 0.6 is 0 Å². The standard InChI is InChI=1S/C17H23N9/c1-10-11(2)20-16-18-9-19-26(16)15(10)25-7-17(8-25)6-24(4)5-13(17)14-21-12(3)22-23-14/h9,13H,5-8H2,1-4H3,(H,21,22,23). The van der Waals surface area contributed by atoms with E-state index in [1.807, 2.05) is 18.4 Å². The number of likely N-dealkylation sites (N-methyl/N-ethyl adjacent to an activating group) is 1. The smallest absolute Gasteiger partial charge is 0.254 e. The van der Waals surface area contributed by atoms with Crippen molar-refractivity contribution in [2.24, 2.45) is 5.41 Å². The summed E-state index contributed by atoms with van der Waals surface area (Å²) in [5, 5.41) is 11.9. The van der Waals surface area contributed by atoms with Crippen molar-refractivity contribution in [3.8, 4) is 0 Å². The number of aromatic amines is 1. The number of hydrogen-bond acceptors (Lipinski definition) is 7. The summed E-state index contributed by atoms with van der Waals surface area (Å²) >= 11 is 0. The second-order valence-electron chi connectivity index (χ2n) is 7.86. The summed E-state index contributed by atoms with van der Waals surface area (Å²) in [6, 6.07) is 0. The largest absolute Gasteiger partial charge is 0.355 e. The van der Waals surface area contributed by atoms with E-state index in [-0.39, 0.29) is 5.41 Å². The molecule has 1 unspecified atom stereocenters. The minimum Gasteiger partial charge on any atom is -0.355 e. The lowest BCUT2D eigenvalue weighted by Crippen LogP contribution is -2.60. The number of H-pyrrole nitrogens is 1. The lowest BCUT2D eigenvalue weighted by molar-refractivity contribution is 0.191. The number of hydrogen-bond donors (Lipinski definition) is 1. The van der Waals surface area contributed by atoms with Gasteiger partial charge in [0.2, 0.25) is 0 Å². The molecule has 0 amide bonds. The fourth-order valence-electron chi connectivity index (χ4n) is 4.66. The molecule has 1 spiro atoms. The van der Waals surface area contributed by atoms with Crippen LogP contribution in [-0.2, 0) is 0 Å². The van der Waals surface area contributed by atoms with Crippen LogP contribution in [0.4, 0.5) is 5.82 Å². The number of fused-ring (bicyclic) bond motifs is 1. The topological polar surface area (TPSA) is 91.1 Å². The molecule has 2 fully saturated rings. The predicted molar refractivity (Wildman–Crippen MR) is 96.3 cm³/mol. The SMILES string of the molecule is Cc1nc(C2CN(C)CC23CN(c2c(C)c(C)nc4ncnn24)C3)n[nH]1. The van der Waals surface area contributed by atoms with Gasteiger partial charge in [-0.15, -0.1) is 0 Å². The third kappa shape index (κ3) is 2.09. The fraction of sp³-hybridized carbons (Fsp3) is 0.588. The van der Waals surface area contributed by atoms with Crippen LogP contribution in [0.2, 0.25) is 0 Å². The zero-order valence-electron chi connectivity index (χ0n) is 15.6. The summed E-state index contributed by atoms with van der Waals surface area (Å²) in [5.41, 5.74) is 2.35. The van der Waals surface area contributed by atoms with E-state index in [1.165, 1.54) is 0 Å². The Bertz CT molecular complexity index is 981. The Labute approximate surface area is 151 Å². The highest BCUT2D eigenvalue weighted by Gasteiger charge is 2.56. The average molecular weight is 353 g/mol. The number of likely N-dealkylation sites (tertiary alicyclic amines) is 1. The second kappa shape index (κ2) is 5.23. The molecule has 136 valence electrons. The molecule has 0 aliphatic carbocycles. The summed E-state index contributed by atoms with van der Waals surface area (Å²) in [5.74, 6) is 3.94. The molecule has 2 saturated heterocycles. The molecule has 9 heteroatoms. The zero-order chi connectivity index (χ0) is 18.1. The molecule has 2 aliphatic rings. The molecule has 9 nitrogen and oxygen atoms in total. The van der Waals surface area contributed by atoms with Crippen molar-refractivity contribution in [2.45, 2.75) is 26.7 Å². The molecule has 0 saturated carbocycles. The Morgan fingerprint density at radius 2 is 1.96 bits per heavy atom. The van der Waals surface area contributed by atoms with E-state index in [4.69, 9.17) is 0 Å².